The number of carbonyl (C=O) groups excluding carboxylic acids is 1. The van der Waals surface area contributed by atoms with Gasteiger partial charge in [0.1, 0.15) is 19.1 Å². The fourth-order valence-electron chi connectivity index (χ4n) is 3.52. The van der Waals surface area contributed by atoms with Gasteiger partial charge in [-0.3, -0.25) is 4.79 Å². The van der Waals surface area contributed by atoms with Gasteiger partial charge < -0.3 is 9.84 Å². The predicted molar refractivity (Wildman–Crippen MR) is 109 cm³/mol. The Morgan fingerprint density at radius 3 is 1.32 bits per heavy atom. The molecule has 1 aromatic rings. The number of alkyl halides is 17. The molecule has 0 fully saturated rings. The summed E-state index contributed by atoms with van der Waals surface area (Å²) < 4.78 is 294. The second kappa shape index (κ2) is 11.8. The third-order valence-electron chi connectivity index (χ3n) is 6.35. The molecule has 24 heteroatoms. The van der Waals surface area contributed by atoms with Crippen molar-refractivity contribution in [3.63, 3.8) is 0 Å². The van der Waals surface area contributed by atoms with Gasteiger partial charge >= 0.3 is 53.2 Å². The smallest absolute Gasteiger partial charge is 0.385 e. The first-order valence-corrected chi connectivity index (χ1v) is 11.5. The molecule has 0 atom stereocenters. The zero-order chi connectivity index (χ0) is 37.2. The van der Waals surface area contributed by atoms with Gasteiger partial charge in [-0.15, -0.1) is 0 Å². The quantitative estimate of drug-likeness (QED) is 0.163. The Bertz CT molecular complexity index is 1390. The molecule has 0 radical (unpaired) electrons. The number of rotatable bonds is 13. The van der Waals surface area contributed by atoms with Crippen LogP contribution in [0.25, 0.3) is 0 Å². The highest BCUT2D eigenvalue weighted by atomic mass is 19.4. The molecule has 1 N–H and O–H groups in total. The van der Waals surface area contributed by atoms with Crippen LogP contribution in [0.4, 0.5) is 92.2 Å². The molecule has 1 aliphatic carbocycles. The molecule has 0 bridgehead atoms. The molecule has 0 amide bonds. The van der Waals surface area contributed by atoms with Crippen molar-refractivity contribution in [1.82, 2.24) is 0 Å². The van der Waals surface area contributed by atoms with Gasteiger partial charge in [0.15, 0.2) is 17.4 Å². The average molecular weight is 734 g/mol. The summed E-state index contributed by atoms with van der Waals surface area (Å²) in [6.07, 6.45) is 0. The van der Waals surface area contributed by atoms with Gasteiger partial charge in [0.25, 0.3) is 0 Å². The lowest BCUT2D eigenvalue weighted by Gasteiger charge is -2.43. The fourth-order valence-corrected chi connectivity index (χ4v) is 3.52. The number of carbonyl (C=O) groups is 1. The summed E-state index contributed by atoms with van der Waals surface area (Å²) in [5.74, 6) is -90.6. The normalized spacial score (nSPS) is 21.4. The van der Waals surface area contributed by atoms with Crippen LogP contribution in [-0.2, 0) is 4.74 Å². The second-order valence-corrected chi connectivity index (χ2v) is 9.38. The zero-order valence-corrected chi connectivity index (χ0v) is 21.6. The Labute approximate surface area is 245 Å². The molecule has 0 aliphatic heterocycles. The first-order chi connectivity index (χ1) is 20.8. The summed E-state index contributed by atoms with van der Waals surface area (Å²) in [7, 11) is 0. The van der Waals surface area contributed by atoms with Gasteiger partial charge in [-0.2, -0.15) is 74.6 Å². The highest BCUT2D eigenvalue weighted by Gasteiger charge is 2.94. The van der Waals surface area contributed by atoms with Gasteiger partial charge in [-0.1, -0.05) is 30.3 Å². The minimum atomic E-state index is -8.94. The van der Waals surface area contributed by atoms with E-state index in [0.717, 1.165) is 24.3 Å². The van der Waals surface area contributed by atoms with Gasteiger partial charge in [-0.25, -0.2) is 17.6 Å². The lowest BCUT2D eigenvalue weighted by Crippen LogP contribution is -2.75. The van der Waals surface area contributed by atoms with Gasteiger partial charge in [-0.05, 0) is 0 Å². The molecule has 1 aliphatic rings. The van der Waals surface area contributed by atoms with Crippen LogP contribution in [0.1, 0.15) is 10.4 Å². The van der Waals surface area contributed by atoms with Crippen molar-refractivity contribution in [3.05, 3.63) is 59.2 Å². The Hall–Kier alpha value is -3.18. The van der Waals surface area contributed by atoms with E-state index in [4.69, 9.17) is 5.11 Å². The van der Waals surface area contributed by atoms with E-state index in [-0.39, 0.29) is 0 Å². The maximum absolute atomic E-state index is 14.8. The van der Waals surface area contributed by atoms with E-state index in [1.807, 2.05) is 0 Å². The second-order valence-electron chi connectivity index (χ2n) is 9.38. The molecular weight excluding hydrogens is 723 g/mol. The first kappa shape index (κ1) is 40.0. The van der Waals surface area contributed by atoms with Crippen molar-refractivity contribution >= 4 is 5.78 Å². The van der Waals surface area contributed by atoms with E-state index in [2.05, 4.69) is 4.74 Å². The van der Waals surface area contributed by atoms with Crippen molar-refractivity contribution in [2.45, 2.75) is 53.2 Å². The number of ether oxygens (including phenoxy) is 1. The minimum absolute atomic E-state index is 0.754. The third kappa shape index (κ3) is 5.51. The maximum Gasteiger partial charge on any atom is 0.385 e. The minimum Gasteiger partial charge on any atom is -0.390 e. The molecule has 0 saturated carbocycles. The Balaban J connectivity index is 2.53. The molecule has 0 spiro atoms. The number of hydrogen-bond acceptors (Lipinski definition) is 3. The summed E-state index contributed by atoms with van der Waals surface area (Å²) in [4.78, 5) is 12.2. The molecular formula is C23H11F21O3. The van der Waals surface area contributed by atoms with Gasteiger partial charge in [0, 0.05) is 5.56 Å². The standard InChI is InChI=1S/C23H11F21O3/c24-10-9(12(46)8-4-2-1-3-5-8)11(25)14(27)17(32,13(10)26)47-7-16(30,31)19(35,36)21(39,40)23(43,44)22(41,42)20(37,38)18(33,34)15(28,29)6-45/h1-5,9,45H,6-7H2. The van der Waals surface area contributed by atoms with Crippen molar-refractivity contribution in [3.8, 4) is 0 Å². The maximum atomic E-state index is 14.8. The predicted octanol–water partition coefficient (Wildman–Crippen LogP) is 8.56. The lowest BCUT2D eigenvalue weighted by molar-refractivity contribution is -0.455. The zero-order valence-electron chi connectivity index (χ0n) is 21.6. The molecule has 0 heterocycles. The monoisotopic (exact) mass is 734 g/mol. The van der Waals surface area contributed by atoms with E-state index in [0.29, 0.717) is 0 Å². The molecule has 268 valence electrons. The van der Waals surface area contributed by atoms with Crippen molar-refractivity contribution < 1.29 is 107 Å². The number of halogens is 21. The molecule has 47 heavy (non-hydrogen) atoms. The van der Waals surface area contributed by atoms with E-state index < -0.39 is 107 Å². The molecule has 3 nitrogen and oxygen atoms in total. The number of allylic oxidation sites excluding steroid dienone is 2. The van der Waals surface area contributed by atoms with Gasteiger partial charge in [0.05, 0.1) is 0 Å². The SMILES string of the molecule is O=C(c1ccccc1)C1C(F)=C(F)C(F)(OCC(F)(F)C(F)(F)C(F)(F)C(F)(F)C(F)(F)C(F)(F)C(F)(F)C(F)(F)CO)C(F)=C1F. The van der Waals surface area contributed by atoms with E-state index in [9.17, 15) is 97.0 Å². The number of Topliss-reactive ketones (excluding diaryl/α,β-unsaturated/α-hetero) is 1. The van der Waals surface area contributed by atoms with Crippen molar-refractivity contribution in [2.24, 2.45) is 5.92 Å². The summed E-state index contributed by atoms with van der Waals surface area (Å²) >= 11 is 0. The summed E-state index contributed by atoms with van der Waals surface area (Å²) in [5.41, 5.74) is -0.759. The number of ketones is 1. The van der Waals surface area contributed by atoms with Crippen LogP contribution in [0.5, 0.6) is 0 Å². The highest BCUT2D eigenvalue weighted by Crippen LogP contribution is 2.64. The van der Waals surface area contributed by atoms with Crippen LogP contribution >= 0.6 is 0 Å². The molecule has 1 aromatic carbocycles. The first-order valence-electron chi connectivity index (χ1n) is 11.5. The van der Waals surface area contributed by atoms with Crippen LogP contribution < -0.4 is 0 Å². The van der Waals surface area contributed by atoms with E-state index in [1.165, 1.54) is 6.07 Å². The number of aliphatic hydroxyl groups is 1. The fraction of sp³-hybridized carbons (Fsp3) is 0.522. The van der Waals surface area contributed by atoms with Crippen LogP contribution in [0, 0.1) is 5.92 Å². The number of hydrogen-bond donors (Lipinski definition) is 1. The molecule has 0 aromatic heterocycles. The third-order valence-corrected chi connectivity index (χ3v) is 6.35. The van der Waals surface area contributed by atoms with Crippen molar-refractivity contribution in [2.75, 3.05) is 13.2 Å². The van der Waals surface area contributed by atoms with Crippen LogP contribution in [0.15, 0.2) is 53.6 Å². The molecule has 2 rings (SSSR count). The lowest BCUT2D eigenvalue weighted by atomic mass is 9.87. The van der Waals surface area contributed by atoms with Crippen LogP contribution in [-0.4, -0.2) is 77.3 Å². The molecule has 0 unspecified atom stereocenters. The van der Waals surface area contributed by atoms with Crippen molar-refractivity contribution in [1.29, 1.82) is 0 Å². The van der Waals surface area contributed by atoms with Gasteiger partial charge in [0.2, 0.25) is 11.7 Å². The topological polar surface area (TPSA) is 46.5 Å². The Morgan fingerprint density at radius 2 is 0.957 bits per heavy atom. The Kier molecular flexibility index (Phi) is 10.0. The summed E-state index contributed by atoms with van der Waals surface area (Å²) in [5, 5.41) is 7.98. The van der Waals surface area contributed by atoms with E-state index in [1.54, 1.807) is 0 Å². The van der Waals surface area contributed by atoms with Crippen LogP contribution in [0.3, 0.4) is 0 Å². The largest absolute Gasteiger partial charge is 0.390 e. The number of aliphatic hydroxyl groups excluding tert-OH is 1. The summed E-state index contributed by atoms with van der Waals surface area (Å²) in [6, 6.07) is 4.70. The van der Waals surface area contributed by atoms with E-state index >= 15 is 0 Å². The highest BCUT2D eigenvalue weighted by molar-refractivity contribution is 6.01. The van der Waals surface area contributed by atoms with Crippen LogP contribution in [0.2, 0.25) is 0 Å². The number of benzene rings is 1. The Morgan fingerprint density at radius 1 is 0.617 bits per heavy atom. The average Bonchev–Trinajstić information content (AvgIpc) is 2.97. The summed E-state index contributed by atoms with van der Waals surface area (Å²) in [6.45, 7) is -7.80. The molecule has 0 saturated heterocycles.